The predicted octanol–water partition coefficient (Wildman–Crippen LogP) is 5.37. The number of nitrogens with one attached hydrogen (secondary N) is 1. The largest absolute Gasteiger partial charge is 0.361 e. The Labute approximate surface area is 217 Å². The van der Waals surface area contributed by atoms with Gasteiger partial charge >= 0.3 is 0 Å². The number of aromatic amines is 1. The Morgan fingerprint density at radius 3 is 2.35 bits per heavy atom. The maximum Gasteiger partial charge on any atom is 0.243 e. The van der Waals surface area contributed by atoms with E-state index in [1.807, 2.05) is 67.7 Å². The van der Waals surface area contributed by atoms with Crippen LogP contribution < -0.4 is 0 Å². The van der Waals surface area contributed by atoms with Crippen molar-refractivity contribution in [3.8, 4) is 0 Å². The minimum absolute atomic E-state index is 0.0220. The summed E-state index contributed by atoms with van der Waals surface area (Å²) in [5, 5.41) is 1.11. The quantitative estimate of drug-likeness (QED) is 0.272. The highest BCUT2D eigenvalue weighted by atomic mass is 32.2. The lowest BCUT2D eigenvalue weighted by Gasteiger charge is -2.27. The van der Waals surface area contributed by atoms with Gasteiger partial charge in [-0.05, 0) is 54.3 Å². The van der Waals surface area contributed by atoms with Crippen molar-refractivity contribution in [1.29, 1.82) is 0 Å². The second-order valence-corrected chi connectivity index (χ2v) is 11.0. The number of unbranched alkanes of at least 4 members (excludes halogenated alkanes) is 1. The van der Waals surface area contributed by atoms with E-state index in [9.17, 15) is 17.6 Å². The van der Waals surface area contributed by atoms with Gasteiger partial charge in [-0.3, -0.25) is 4.79 Å². The third-order valence-electron chi connectivity index (χ3n) is 6.42. The smallest absolute Gasteiger partial charge is 0.243 e. The Hall–Kier alpha value is -3.49. The third-order valence-corrected chi connectivity index (χ3v) is 8.28. The lowest BCUT2D eigenvalue weighted by molar-refractivity contribution is -0.132. The van der Waals surface area contributed by atoms with E-state index >= 15 is 0 Å². The lowest BCUT2D eigenvalue weighted by atomic mass is 10.1. The molecule has 0 fully saturated rings. The van der Waals surface area contributed by atoms with Gasteiger partial charge < -0.3 is 9.88 Å². The Kier molecular flexibility index (Phi) is 8.74. The minimum atomic E-state index is -3.96. The fourth-order valence-electron chi connectivity index (χ4n) is 4.31. The average Bonchev–Trinajstić information content (AvgIpc) is 3.32. The molecule has 1 aromatic heterocycles. The summed E-state index contributed by atoms with van der Waals surface area (Å²) < 4.78 is 41.4. The number of nitrogens with zero attached hydrogens (tertiary/aromatic N) is 2. The van der Waals surface area contributed by atoms with Gasteiger partial charge in [0, 0.05) is 36.7 Å². The first-order valence-corrected chi connectivity index (χ1v) is 13.9. The van der Waals surface area contributed by atoms with E-state index in [1.54, 1.807) is 4.90 Å². The molecule has 0 radical (unpaired) electrons. The van der Waals surface area contributed by atoms with Crippen LogP contribution in [0, 0.1) is 5.82 Å². The summed E-state index contributed by atoms with van der Waals surface area (Å²) in [4.78, 5) is 18.6. The summed E-state index contributed by atoms with van der Waals surface area (Å²) in [6.07, 6.45) is 3.98. The van der Waals surface area contributed by atoms with Gasteiger partial charge in [0.05, 0.1) is 11.4 Å². The third kappa shape index (κ3) is 6.64. The second-order valence-electron chi connectivity index (χ2n) is 9.06. The summed E-state index contributed by atoms with van der Waals surface area (Å²) in [7, 11) is -3.96. The van der Waals surface area contributed by atoms with E-state index in [-0.39, 0.29) is 23.9 Å². The summed E-state index contributed by atoms with van der Waals surface area (Å²) in [6, 6.07) is 22.4. The molecule has 37 heavy (non-hydrogen) atoms. The molecule has 0 aliphatic heterocycles. The minimum Gasteiger partial charge on any atom is -0.361 e. The summed E-state index contributed by atoms with van der Waals surface area (Å²) in [6.45, 7) is 2.71. The molecule has 0 aliphatic rings. The first kappa shape index (κ1) is 26.6. The fraction of sp³-hybridized carbons (Fsp3) is 0.276. The number of amides is 1. The summed E-state index contributed by atoms with van der Waals surface area (Å²) in [5.41, 5.74) is 3.11. The number of sulfonamides is 1. The molecule has 194 valence electrons. The number of carbonyl (C=O) groups is 1. The van der Waals surface area contributed by atoms with E-state index in [1.165, 1.54) is 16.4 Å². The zero-order chi connectivity index (χ0) is 26.3. The first-order valence-electron chi connectivity index (χ1n) is 12.5. The monoisotopic (exact) mass is 521 g/mol. The molecule has 0 bridgehead atoms. The Morgan fingerprint density at radius 2 is 1.62 bits per heavy atom. The van der Waals surface area contributed by atoms with Crippen LogP contribution >= 0.6 is 0 Å². The summed E-state index contributed by atoms with van der Waals surface area (Å²) in [5.74, 6) is -0.785. The normalized spacial score (nSPS) is 11.8. The number of hydrogen-bond acceptors (Lipinski definition) is 3. The highest BCUT2D eigenvalue weighted by Crippen LogP contribution is 2.20. The highest BCUT2D eigenvalue weighted by Gasteiger charge is 2.28. The van der Waals surface area contributed by atoms with Crippen molar-refractivity contribution in [2.45, 2.75) is 37.6 Å². The van der Waals surface area contributed by atoms with Gasteiger partial charge in [0.25, 0.3) is 0 Å². The van der Waals surface area contributed by atoms with Crippen molar-refractivity contribution in [3.63, 3.8) is 0 Å². The Bertz CT molecular complexity index is 1420. The van der Waals surface area contributed by atoms with Crippen LogP contribution in [0.15, 0.2) is 90.0 Å². The molecule has 1 amide bonds. The van der Waals surface area contributed by atoms with Gasteiger partial charge in [-0.25, -0.2) is 12.8 Å². The fourth-order valence-corrected chi connectivity index (χ4v) is 5.74. The molecule has 0 saturated heterocycles. The van der Waals surface area contributed by atoms with Gasteiger partial charge in [-0.1, -0.05) is 61.9 Å². The van der Waals surface area contributed by atoms with Crippen molar-refractivity contribution < 1.29 is 17.6 Å². The average molecular weight is 522 g/mol. The molecule has 0 unspecified atom stereocenters. The number of benzene rings is 3. The Balaban J connectivity index is 1.57. The molecular weight excluding hydrogens is 489 g/mol. The molecule has 4 rings (SSSR count). The van der Waals surface area contributed by atoms with E-state index in [4.69, 9.17) is 0 Å². The van der Waals surface area contributed by atoms with Gasteiger partial charge in [0.1, 0.15) is 5.82 Å². The van der Waals surface area contributed by atoms with Crippen molar-refractivity contribution >= 4 is 26.8 Å². The van der Waals surface area contributed by atoms with Crippen molar-refractivity contribution in [2.24, 2.45) is 0 Å². The number of carbonyl (C=O) groups excluding carboxylic acids is 1. The zero-order valence-corrected chi connectivity index (χ0v) is 21.8. The molecule has 4 aromatic rings. The molecule has 0 spiro atoms. The predicted molar refractivity (Wildman–Crippen MR) is 144 cm³/mol. The maximum absolute atomic E-state index is 13.6. The van der Waals surface area contributed by atoms with Crippen molar-refractivity contribution in [3.05, 3.63) is 102 Å². The lowest BCUT2D eigenvalue weighted by Crippen LogP contribution is -2.43. The van der Waals surface area contributed by atoms with Crippen LogP contribution in [-0.2, 0) is 27.8 Å². The van der Waals surface area contributed by atoms with Crippen LogP contribution in [0.2, 0.25) is 0 Å². The number of rotatable bonds is 12. The van der Waals surface area contributed by atoms with Crippen LogP contribution in [0.1, 0.15) is 30.9 Å². The molecule has 8 heteroatoms. The molecule has 1 N–H and O–H groups in total. The first-order chi connectivity index (χ1) is 17.9. The van der Waals surface area contributed by atoms with Crippen molar-refractivity contribution in [2.75, 3.05) is 19.6 Å². The number of halogens is 1. The van der Waals surface area contributed by atoms with E-state index < -0.39 is 15.8 Å². The van der Waals surface area contributed by atoms with Gasteiger partial charge in [0.15, 0.2) is 0 Å². The SMILES string of the molecule is CCCCN(CC(=O)N(CCc1c[nH]c2ccccc12)Cc1ccccc1)S(=O)(=O)c1ccc(F)cc1. The van der Waals surface area contributed by atoms with E-state index in [0.29, 0.717) is 25.9 Å². The number of hydrogen-bond donors (Lipinski definition) is 1. The van der Waals surface area contributed by atoms with Crippen molar-refractivity contribution in [1.82, 2.24) is 14.2 Å². The van der Waals surface area contributed by atoms with Crippen LogP contribution in [0.25, 0.3) is 10.9 Å². The Morgan fingerprint density at radius 1 is 0.919 bits per heavy atom. The molecule has 3 aromatic carbocycles. The topological polar surface area (TPSA) is 73.5 Å². The van der Waals surface area contributed by atoms with Crippen LogP contribution in [0.4, 0.5) is 4.39 Å². The zero-order valence-electron chi connectivity index (χ0n) is 20.9. The van der Waals surface area contributed by atoms with Gasteiger partial charge in [-0.15, -0.1) is 0 Å². The maximum atomic E-state index is 13.6. The number of aromatic nitrogens is 1. The van der Waals surface area contributed by atoms with Gasteiger partial charge in [-0.2, -0.15) is 4.31 Å². The van der Waals surface area contributed by atoms with Crippen LogP contribution in [0.3, 0.4) is 0 Å². The number of H-pyrrole nitrogens is 1. The highest BCUT2D eigenvalue weighted by molar-refractivity contribution is 7.89. The second kappa shape index (κ2) is 12.2. The number of para-hydroxylation sites is 1. The molecule has 1 heterocycles. The summed E-state index contributed by atoms with van der Waals surface area (Å²) >= 11 is 0. The van der Waals surface area contributed by atoms with E-state index in [2.05, 4.69) is 4.98 Å². The van der Waals surface area contributed by atoms with E-state index in [0.717, 1.165) is 40.6 Å². The standard InChI is InChI=1S/C29H32FN3O3S/c1-2-3-18-33(37(35,36)26-15-13-25(30)14-16-26)22-29(34)32(21-23-9-5-4-6-10-23)19-17-24-20-31-28-12-8-7-11-27(24)28/h4-16,20,31H,2-3,17-19,21-22H2,1H3. The molecule has 0 aliphatic carbocycles. The van der Waals surface area contributed by atoms with Crippen LogP contribution in [-0.4, -0.2) is 48.1 Å². The molecule has 0 atom stereocenters. The molecule has 0 saturated carbocycles. The number of fused-ring (bicyclic) bond motifs is 1. The van der Waals surface area contributed by atoms with Crippen LogP contribution in [0.5, 0.6) is 0 Å². The molecular formula is C29H32FN3O3S. The molecule has 6 nitrogen and oxygen atoms in total. The van der Waals surface area contributed by atoms with Gasteiger partial charge in [0.2, 0.25) is 15.9 Å².